The minimum Gasteiger partial charge on any atom is -0.382 e. The SMILES string of the molecule is Nc1ncnc2c(/C=C/C3=CCC([N+](=O)[O-])C=C3)csc12. The summed E-state index contributed by atoms with van der Waals surface area (Å²) in [6.45, 7) is 0. The van der Waals surface area contributed by atoms with Crippen LogP contribution in [0.4, 0.5) is 5.82 Å². The van der Waals surface area contributed by atoms with Crippen LogP contribution in [0.2, 0.25) is 0 Å². The van der Waals surface area contributed by atoms with Gasteiger partial charge in [-0.25, -0.2) is 9.97 Å². The smallest absolute Gasteiger partial charge is 0.235 e. The van der Waals surface area contributed by atoms with Gasteiger partial charge in [0.25, 0.3) is 0 Å². The number of aromatic nitrogens is 2. The van der Waals surface area contributed by atoms with Crippen LogP contribution < -0.4 is 5.73 Å². The number of rotatable bonds is 3. The molecule has 21 heavy (non-hydrogen) atoms. The fourth-order valence-corrected chi connectivity index (χ4v) is 2.99. The molecular weight excluding hydrogens is 288 g/mol. The first-order chi connectivity index (χ1) is 10.1. The van der Waals surface area contributed by atoms with Crippen molar-refractivity contribution in [1.82, 2.24) is 9.97 Å². The Morgan fingerprint density at radius 1 is 1.43 bits per heavy atom. The number of hydrogen-bond donors (Lipinski definition) is 1. The Hall–Kier alpha value is -2.54. The second-order valence-corrected chi connectivity index (χ2v) is 5.49. The van der Waals surface area contributed by atoms with E-state index in [4.69, 9.17) is 5.73 Å². The third kappa shape index (κ3) is 2.68. The molecule has 1 atom stereocenters. The zero-order valence-corrected chi connectivity index (χ0v) is 11.8. The van der Waals surface area contributed by atoms with E-state index >= 15 is 0 Å². The summed E-state index contributed by atoms with van der Waals surface area (Å²) >= 11 is 1.50. The average Bonchev–Trinajstić information content (AvgIpc) is 2.90. The van der Waals surface area contributed by atoms with Gasteiger partial charge < -0.3 is 5.73 Å². The van der Waals surface area contributed by atoms with Crippen molar-refractivity contribution in [3.05, 3.63) is 57.3 Å². The normalized spacial score (nSPS) is 18.3. The van der Waals surface area contributed by atoms with Crippen molar-refractivity contribution in [2.75, 3.05) is 5.73 Å². The Morgan fingerprint density at radius 2 is 2.29 bits per heavy atom. The highest BCUT2D eigenvalue weighted by Gasteiger charge is 2.17. The molecule has 0 saturated carbocycles. The van der Waals surface area contributed by atoms with E-state index in [1.807, 2.05) is 23.6 Å². The molecule has 0 radical (unpaired) electrons. The largest absolute Gasteiger partial charge is 0.382 e. The van der Waals surface area contributed by atoms with Crippen molar-refractivity contribution in [2.45, 2.75) is 12.5 Å². The average molecular weight is 300 g/mol. The highest BCUT2D eigenvalue weighted by Crippen LogP contribution is 2.28. The van der Waals surface area contributed by atoms with Gasteiger partial charge in [-0.2, -0.15) is 0 Å². The molecule has 2 aromatic heterocycles. The highest BCUT2D eigenvalue weighted by molar-refractivity contribution is 7.18. The molecule has 0 spiro atoms. The highest BCUT2D eigenvalue weighted by atomic mass is 32.1. The Bertz CT molecular complexity index is 791. The van der Waals surface area contributed by atoms with Gasteiger partial charge in [-0.3, -0.25) is 10.1 Å². The maximum Gasteiger partial charge on any atom is 0.235 e. The summed E-state index contributed by atoms with van der Waals surface area (Å²) < 4.78 is 0.874. The maximum atomic E-state index is 10.7. The molecule has 0 amide bonds. The number of nitro groups is 1. The van der Waals surface area contributed by atoms with Crippen LogP contribution >= 0.6 is 11.3 Å². The summed E-state index contributed by atoms with van der Waals surface area (Å²) in [5.74, 6) is 0.482. The van der Waals surface area contributed by atoms with Crippen molar-refractivity contribution in [3.8, 4) is 0 Å². The van der Waals surface area contributed by atoms with Crippen molar-refractivity contribution in [1.29, 1.82) is 0 Å². The summed E-state index contributed by atoms with van der Waals surface area (Å²) in [6.07, 6.45) is 11.0. The Morgan fingerprint density at radius 3 is 3.00 bits per heavy atom. The monoisotopic (exact) mass is 300 g/mol. The van der Waals surface area contributed by atoms with E-state index in [0.717, 1.165) is 21.4 Å². The van der Waals surface area contributed by atoms with E-state index in [1.54, 1.807) is 12.2 Å². The molecule has 3 rings (SSSR count). The summed E-state index contributed by atoms with van der Waals surface area (Å²) in [4.78, 5) is 18.6. The Balaban J connectivity index is 1.82. The first kappa shape index (κ1) is 13.4. The Labute approximate surface area is 124 Å². The molecule has 1 aliphatic carbocycles. The quantitative estimate of drug-likeness (QED) is 0.694. The Kier molecular flexibility index (Phi) is 3.49. The van der Waals surface area contributed by atoms with E-state index in [0.29, 0.717) is 12.2 Å². The molecule has 0 bridgehead atoms. The number of fused-ring (bicyclic) bond motifs is 1. The van der Waals surface area contributed by atoms with Crippen molar-refractivity contribution < 1.29 is 4.92 Å². The van der Waals surface area contributed by atoms with Crippen LogP contribution in [0.5, 0.6) is 0 Å². The molecule has 106 valence electrons. The molecule has 6 nitrogen and oxygen atoms in total. The van der Waals surface area contributed by atoms with E-state index in [2.05, 4.69) is 9.97 Å². The second kappa shape index (κ2) is 5.45. The fraction of sp³-hybridized carbons (Fsp3) is 0.143. The number of nitrogens with zero attached hydrogens (tertiary/aromatic N) is 3. The van der Waals surface area contributed by atoms with E-state index in [1.165, 1.54) is 17.7 Å². The first-order valence-electron chi connectivity index (χ1n) is 6.33. The van der Waals surface area contributed by atoms with Crippen LogP contribution in [0.3, 0.4) is 0 Å². The predicted octanol–water partition coefficient (Wildman–Crippen LogP) is 2.82. The van der Waals surface area contributed by atoms with Crippen molar-refractivity contribution in [2.24, 2.45) is 0 Å². The van der Waals surface area contributed by atoms with Crippen LogP contribution in [0.25, 0.3) is 16.3 Å². The third-order valence-electron chi connectivity index (χ3n) is 3.24. The molecule has 0 aliphatic heterocycles. The van der Waals surface area contributed by atoms with Crippen LogP contribution in [0.15, 0.2) is 41.6 Å². The van der Waals surface area contributed by atoms with Gasteiger partial charge in [0.05, 0.1) is 10.2 Å². The summed E-state index contributed by atoms with van der Waals surface area (Å²) in [7, 11) is 0. The van der Waals surface area contributed by atoms with E-state index in [9.17, 15) is 10.1 Å². The topological polar surface area (TPSA) is 94.9 Å². The molecule has 1 aliphatic rings. The second-order valence-electron chi connectivity index (χ2n) is 4.61. The molecule has 7 heteroatoms. The summed E-state index contributed by atoms with van der Waals surface area (Å²) in [5, 5.41) is 12.6. The number of nitrogen functional groups attached to an aromatic ring is 1. The van der Waals surface area contributed by atoms with Crippen LogP contribution in [-0.4, -0.2) is 20.9 Å². The van der Waals surface area contributed by atoms with Gasteiger partial charge in [0.15, 0.2) is 0 Å². The maximum absolute atomic E-state index is 10.7. The van der Waals surface area contributed by atoms with Crippen LogP contribution in [0, 0.1) is 10.1 Å². The van der Waals surface area contributed by atoms with Gasteiger partial charge in [-0.15, -0.1) is 11.3 Å². The number of allylic oxidation sites excluding steroid dienone is 3. The minimum absolute atomic E-state index is 0.278. The number of hydrogen-bond acceptors (Lipinski definition) is 6. The van der Waals surface area contributed by atoms with Crippen LogP contribution in [-0.2, 0) is 0 Å². The number of anilines is 1. The molecule has 0 saturated heterocycles. The van der Waals surface area contributed by atoms with Crippen molar-refractivity contribution >= 4 is 33.4 Å². The molecule has 2 aromatic rings. The van der Waals surface area contributed by atoms with Crippen LogP contribution in [0.1, 0.15) is 12.0 Å². The van der Waals surface area contributed by atoms with Gasteiger partial charge >= 0.3 is 0 Å². The lowest BCUT2D eigenvalue weighted by Gasteiger charge is -2.07. The molecule has 0 aromatic carbocycles. The molecule has 2 heterocycles. The summed E-state index contributed by atoms with van der Waals surface area (Å²) in [5.41, 5.74) is 8.55. The third-order valence-corrected chi connectivity index (χ3v) is 4.25. The van der Waals surface area contributed by atoms with Gasteiger partial charge in [0.1, 0.15) is 12.1 Å². The lowest BCUT2D eigenvalue weighted by atomic mass is 10.0. The lowest BCUT2D eigenvalue weighted by Crippen LogP contribution is -2.17. The van der Waals surface area contributed by atoms with Gasteiger partial charge in [0, 0.05) is 22.3 Å². The summed E-state index contributed by atoms with van der Waals surface area (Å²) in [6, 6.07) is -0.614. The van der Waals surface area contributed by atoms with E-state index < -0.39 is 6.04 Å². The zero-order valence-electron chi connectivity index (χ0n) is 11.0. The molecule has 0 fully saturated rings. The van der Waals surface area contributed by atoms with Crippen molar-refractivity contribution in [3.63, 3.8) is 0 Å². The zero-order chi connectivity index (χ0) is 14.8. The molecular formula is C14H12N4O2S. The van der Waals surface area contributed by atoms with E-state index in [-0.39, 0.29) is 4.92 Å². The van der Waals surface area contributed by atoms with Gasteiger partial charge in [-0.05, 0) is 11.6 Å². The first-order valence-corrected chi connectivity index (χ1v) is 7.20. The van der Waals surface area contributed by atoms with Gasteiger partial charge in [0.2, 0.25) is 6.04 Å². The molecule has 2 N–H and O–H groups in total. The number of thiophene rings is 1. The molecule has 1 unspecified atom stereocenters. The number of nitrogens with two attached hydrogens (primary N) is 1. The predicted molar refractivity (Wildman–Crippen MR) is 83.5 cm³/mol. The fourth-order valence-electron chi connectivity index (χ4n) is 2.10. The minimum atomic E-state index is -0.614. The standard InChI is InChI=1S/C14H12N4O2S/c15-14-13-12(16-8-17-14)10(7-21-13)4-1-9-2-5-11(6-3-9)18(19)20/h1-5,7-8,11H,6H2,(H2,15,16,17)/b4-1+. The lowest BCUT2D eigenvalue weighted by molar-refractivity contribution is -0.508. The van der Waals surface area contributed by atoms with Gasteiger partial charge in [-0.1, -0.05) is 24.3 Å².